The SMILES string of the molecule is COC[C@H]1CN(C(=O)c2cc(C)oc2C)Cc2c1cnn2C. The summed E-state index contributed by atoms with van der Waals surface area (Å²) in [5, 5.41) is 4.32. The molecule has 0 fully saturated rings. The number of carbonyl (C=O) groups is 1. The van der Waals surface area contributed by atoms with Crippen LogP contribution in [0.3, 0.4) is 0 Å². The summed E-state index contributed by atoms with van der Waals surface area (Å²) in [4.78, 5) is 14.7. The number of hydrogen-bond donors (Lipinski definition) is 0. The van der Waals surface area contributed by atoms with E-state index in [1.54, 1.807) is 7.11 Å². The Kier molecular flexibility index (Phi) is 3.78. The minimum Gasteiger partial charge on any atom is -0.466 e. The molecule has 22 heavy (non-hydrogen) atoms. The summed E-state index contributed by atoms with van der Waals surface area (Å²) in [7, 11) is 3.59. The maximum Gasteiger partial charge on any atom is 0.257 e. The zero-order valence-corrected chi connectivity index (χ0v) is 13.4. The molecule has 118 valence electrons. The van der Waals surface area contributed by atoms with Gasteiger partial charge < -0.3 is 14.1 Å². The number of aromatic nitrogens is 2. The first kappa shape index (κ1) is 14.8. The van der Waals surface area contributed by atoms with Crippen molar-refractivity contribution >= 4 is 5.91 Å². The number of ether oxygens (including phenoxy) is 1. The monoisotopic (exact) mass is 303 g/mol. The molecule has 0 saturated carbocycles. The lowest BCUT2D eigenvalue weighted by Crippen LogP contribution is -2.40. The number of rotatable bonds is 3. The van der Waals surface area contributed by atoms with Gasteiger partial charge in [0.1, 0.15) is 11.5 Å². The topological polar surface area (TPSA) is 60.5 Å². The average Bonchev–Trinajstić information content (AvgIpc) is 3.01. The second kappa shape index (κ2) is 5.61. The van der Waals surface area contributed by atoms with Crippen LogP contribution in [0.5, 0.6) is 0 Å². The van der Waals surface area contributed by atoms with Gasteiger partial charge in [-0.05, 0) is 19.9 Å². The van der Waals surface area contributed by atoms with Crippen molar-refractivity contribution in [1.82, 2.24) is 14.7 Å². The molecule has 6 nitrogen and oxygen atoms in total. The fourth-order valence-electron chi connectivity index (χ4n) is 3.14. The Bertz CT molecular complexity index is 702. The average molecular weight is 303 g/mol. The third-order valence-electron chi connectivity index (χ3n) is 4.24. The highest BCUT2D eigenvalue weighted by Gasteiger charge is 2.32. The lowest BCUT2D eigenvalue weighted by molar-refractivity contribution is 0.0673. The van der Waals surface area contributed by atoms with Crippen molar-refractivity contribution < 1.29 is 13.9 Å². The van der Waals surface area contributed by atoms with Crippen LogP contribution in [0.1, 0.15) is 39.1 Å². The summed E-state index contributed by atoms with van der Waals surface area (Å²) in [5.74, 6) is 1.58. The smallest absolute Gasteiger partial charge is 0.257 e. The van der Waals surface area contributed by atoms with Crippen molar-refractivity contribution in [3.63, 3.8) is 0 Å². The first-order valence-electron chi connectivity index (χ1n) is 7.37. The van der Waals surface area contributed by atoms with E-state index in [9.17, 15) is 4.79 Å². The molecule has 1 aliphatic heterocycles. The second-order valence-electron chi connectivity index (χ2n) is 5.84. The molecule has 0 bridgehead atoms. The van der Waals surface area contributed by atoms with Crippen LogP contribution in [-0.2, 0) is 18.3 Å². The number of amides is 1. The van der Waals surface area contributed by atoms with Gasteiger partial charge in [0.2, 0.25) is 0 Å². The minimum absolute atomic E-state index is 0.00213. The molecular weight excluding hydrogens is 282 g/mol. The van der Waals surface area contributed by atoms with Crippen LogP contribution in [0.2, 0.25) is 0 Å². The molecule has 0 aromatic carbocycles. The van der Waals surface area contributed by atoms with Crippen LogP contribution in [0.4, 0.5) is 0 Å². The molecule has 2 aromatic heterocycles. The van der Waals surface area contributed by atoms with Crippen molar-refractivity contribution in [3.05, 3.63) is 40.6 Å². The van der Waals surface area contributed by atoms with Crippen LogP contribution in [0.25, 0.3) is 0 Å². The van der Waals surface area contributed by atoms with Crippen LogP contribution in [0.15, 0.2) is 16.7 Å². The van der Waals surface area contributed by atoms with Crippen molar-refractivity contribution in [2.24, 2.45) is 7.05 Å². The van der Waals surface area contributed by atoms with E-state index in [1.807, 2.05) is 42.7 Å². The maximum atomic E-state index is 12.8. The third kappa shape index (κ3) is 2.43. The molecule has 0 spiro atoms. The number of aryl methyl sites for hydroxylation is 3. The molecule has 3 rings (SSSR count). The van der Waals surface area contributed by atoms with Crippen molar-refractivity contribution in [2.75, 3.05) is 20.3 Å². The molecule has 1 amide bonds. The van der Waals surface area contributed by atoms with E-state index >= 15 is 0 Å². The molecule has 3 heterocycles. The predicted octanol–water partition coefficient (Wildman–Crippen LogP) is 2.02. The predicted molar refractivity (Wildman–Crippen MR) is 80.7 cm³/mol. The Morgan fingerprint density at radius 1 is 1.50 bits per heavy atom. The molecule has 0 saturated heterocycles. The number of carbonyl (C=O) groups excluding carboxylic acids is 1. The van der Waals surface area contributed by atoms with E-state index in [4.69, 9.17) is 9.15 Å². The summed E-state index contributed by atoms with van der Waals surface area (Å²) < 4.78 is 12.6. The summed E-state index contributed by atoms with van der Waals surface area (Å²) in [5.41, 5.74) is 2.88. The van der Waals surface area contributed by atoms with Crippen molar-refractivity contribution in [3.8, 4) is 0 Å². The van der Waals surface area contributed by atoms with Gasteiger partial charge in [-0.3, -0.25) is 9.48 Å². The Morgan fingerprint density at radius 2 is 2.27 bits per heavy atom. The molecule has 0 unspecified atom stereocenters. The maximum absolute atomic E-state index is 12.8. The lowest BCUT2D eigenvalue weighted by Gasteiger charge is -2.32. The van der Waals surface area contributed by atoms with E-state index < -0.39 is 0 Å². The highest BCUT2D eigenvalue weighted by Crippen LogP contribution is 2.29. The van der Waals surface area contributed by atoms with Crippen LogP contribution in [-0.4, -0.2) is 40.8 Å². The standard InChI is InChI=1S/C16H21N3O3/c1-10-5-13(11(2)22-10)16(20)19-7-12(9-21-4)14-6-17-18(3)15(14)8-19/h5-6,12H,7-9H2,1-4H3/t12-/m1/s1. The van der Waals surface area contributed by atoms with Gasteiger partial charge in [0.15, 0.2) is 0 Å². The first-order valence-corrected chi connectivity index (χ1v) is 7.37. The molecule has 0 radical (unpaired) electrons. The number of nitrogens with zero attached hydrogens (tertiary/aromatic N) is 3. The first-order chi connectivity index (χ1) is 10.5. The van der Waals surface area contributed by atoms with E-state index in [2.05, 4.69) is 5.10 Å². The minimum atomic E-state index is 0.00213. The number of furan rings is 1. The fraction of sp³-hybridized carbons (Fsp3) is 0.500. The highest BCUT2D eigenvalue weighted by molar-refractivity contribution is 5.95. The van der Waals surface area contributed by atoms with Gasteiger partial charge >= 0.3 is 0 Å². The Morgan fingerprint density at radius 3 is 2.91 bits per heavy atom. The van der Waals surface area contributed by atoms with E-state index in [0.717, 1.165) is 11.5 Å². The Labute approximate surface area is 129 Å². The van der Waals surface area contributed by atoms with Gasteiger partial charge in [-0.25, -0.2) is 0 Å². The van der Waals surface area contributed by atoms with Crippen molar-refractivity contribution in [2.45, 2.75) is 26.3 Å². The van der Waals surface area contributed by atoms with Gasteiger partial charge in [0, 0.05) is 32.2 Å². The lowest BCUT2D eigenvalue weighted by atomic mass is 9.95. The molecule has 2 aromatic rings. The van der Waals surface area contributed by atoms with E-state index in [-0.39, 0.29) is 11.8 Å². The fourth-order valence-corrected chi connectivity index (χ4v) is 3.14. The van der Waals surface area contributed by atoms with Gasteiger partial charge in [-0.1, -0.05) is 0 Å². The molecular formula is C16H21N3O3. The number of fused-ring (bicyclic) bond motifs is 1. The Balaban J connectivity index is 1.91. The zero-order valence-electron chi connectivity index (χ0n) is 13.4. The molecule has 0 aliphatic carbocycles. The summed E-state index contributed by atoms with van der Waals surface area (Å²) in [6, 6.07) is 1.81. The molecule has 1 atom stereocenters. The zero-order chi connectivity index (χ0) is 15.9. The van der Waals surface area contributed by atoms with Crippen LogP contribution >= 0.6 is 0 Å². The van der Waals surface area contributed by atoms with Gasteiger partial charge in [0.05, 0.1) is 30.6 Å². The highest BCUT2D eigenvalue weighted by atomic mass is 16.5. The number of hydrogen-bond acceptors (Lipinski definition) is 4. The van der Waals surface area contributed by atoms with Gasteiger partial charge in [-0.15, -0.1) is 0 Å². The third-order valence-corrected chi connectivity index (χ3v) is 4.24. The normalized spacial score (nSPS) is 17.6. The van der Waals surface area contributed by atoms with Gasteiger partial charge in [0.25, 0.3) is 5.91 Å². The molecule has 1 aliphatic rings. The van der Waals surface area contributed by atoms with E-state index in [0.29, 0.717) is 31.0 Å². The van der Waals surface area contributed by atoms with Gasteiger partial charge in [-0.2, -0.15) is 5.10 Å². The summed E-state index contributed by atoms with van der Waals surface area (Å²) in [6.07, 6.45) is 1.88. The number of methoxy groups -OCH3 is 1. The molecule has 6 heteroatoms. The summed E-state index contributed by atoms with van der Waals surface area (Å²) >= 11 is 0. The van der Waals surface area contributed by atoms with Crippen LogP contribution < -0.4 is 0 Å². The quantitative estimate of drug-likeness (QED) is 0.870. The van der Waals surface area contributed by atoms with E-state index in [1.165, 1.54) is 5.56 Å². The second-order valence-corrected chi connectivity index (χ2v) is 5.84. The van der Waals surface area contributed by atoms with Crippen molar-refractivity contribution in [1.29, 1.82) is 0 Å². The molecule has 0 N–H and O–H groups in total. The largest absolute Gasteiger partial charge is 0.466 e. The Hall–Kier alpha value is -2.08. The summed E-state index contributed by atoms with van der Waals surface area (Å²) in [6.45, 7) is 5.45. The van der Waals surface area contributed by atoms with Crippen LogP contribution in [0, 0.1) is 13.8 Å².